The van der Waals surface area contributed by atoms with Gasteiger partial charge in [0.2, 0.25) is 11.8 Å². The first-order chi connectivity index (χ1) is 8.10. The van der Waals surface area contributed by atoms with Crippen molar-refractivity contribution in [3.8, 4) is 5.75 Å². The maximum atomic E-state index is 11.3. The van der Waals surface area contributed by atoms with E-state index in [1.54, 1.807) is 12.0 Å². The summed E-state index contributed by atoms with van der Waals surface area (Å²) in [5, 5.41) is 2.28. The van der Waals surface area contributed by atoms with Crippen molar-refractivity contribution in [3.63, 3.8) is 0 Å². The van der Waals surface area contributed by atoms with E-state index < -0.39 is 0 Å². The zero-order valence-electron chi connectivity index (χ0n) is 9.82. The molecule has 90 valence electrons. The highest BCUT2D eigenvalue weighted by molar-refractivity contribution is 6.02. The van der Waals surface area contributed by atoms with Crippen LogP contribution < -0.4 is 15.0 Å². The van der Waals surface area contributed by atoms with E-state index in [-0.39, 0.29) is 24.9 Å². The molecule has 0 atom stereocenters. The summed E-state index contributed by atoms with van der Waals surface area (Å²) in [4.78, 5) is 24.3. The summed E-state index contributed by atoms with van der Waals surface area (Å²) in [6.45, 7) is 2.34. The van der Waals surface area contributed by atoms with Crippen LogP contribution in [0.4, 0.5) is 5.69 Å². The first-order valence-electron chi connectivity index (χ1n) is 5.32. The summed E-state index contributed by atoms with van der Waals surface area (Å²) in [6, 6.07) is 5.56. The van der Waals surface area contributed by atoms with Crippen LogP contribution >= 0.6 is 0 Å². The van der Waals surface area contributed by atoms with Crippen LogP contribution in [0.5, 0.6) is 5.75 Å². The topological polar surface area (TPSA) is 58.6 Å². The van der Waals surface area contributed by atoms with Gasteiger partial charge in [-0.05, 0) is 30.7 Å². The van der Waals surface area contributed by atoms with Gasteiger partial charge in [0.05, 0.1) is 20.2 Å². The quantitative estimate of drug-likeness (QED) is 0.755. The summed E-state index contributed by atoms with van der Waals surface area (Å²) in [5.41, 5.74) is 1.86. The third-order valence-electron chi connectivity index (χ3n) is 2.69. The molecule has 5 heteroatoms. The largest absolute Gasteiger partial charge is 0.497 e. The highest BCUT2D eigenvalue weighted by Gasteiger charge is 2.23. The molecule has 0 saturated carbocycles. The lowest BCUT2D eigenvalue weighted by Crippen LogP contribution is -2.51. The SMILES string of the molecule is COc1ccc(N2CC(=O)NC(=O)C2)c(C)c1. The number of rotatable bonds is 2. The van der Waals surface area contributed by atoms with Crippen LogP contribution in [0.15, 0.2) is 18.2 Å². The maximum absolute atomic E-state index is 11.3. The molecule has 0 spiro atoms. The maximum Gasteiger partial charge on any atom is 0.246 e. The second-order valence-electron chi connectivity index (χ2n) is 3.98. The van der Waals surface area contributed by atoms with Crippen molar-refractivity contribution in [3.05, 3.63) is 23.8 Å². The molecule has 2 rings (SSSR count). The smallest absolute Gasteiger partial charge is 0.246 e. The summed E-state index contributed by atoms with van der Waals surface area (Å²) < 4.78 is 5.11. The van der Waals surface area contributed by atoms with Gasteiger partial charge in [-0.25, -0.2) is 0 Å². The number of nitrogens with one attached hydrogen (secondary N) is 1. The summed E-state index contributed by atoms with van der Waals surface area (Å²) in [5.74, 6) is 0.229. The molecule has 1 aliphatic heterocycles. The second-order valence-corrected chi connectivity index (χ2v) is 3.98. The van der Waals surface area contributed by atoms with Crippen molar-refractivity contribution >= 4 is 17.5 Å². The van der Waals surface area contributed by atoms with Crippen molar-refractivity contribution in [2.45, 2.75) is 6.92 Å². The molecule has 1 N–H and O–H groups in total. The van der Waals surface area contributed by atoms with E-state index >= 15 is 0 Å². The minimum absolute atomic E-state index is 0.207. The third kappa shape index (κ3) is 2.38. The number of anilines is 1. The first kappa shape index (κ1) is 11.4. The molecule has 1 aromatic rings. The van der Waals surface area contributed by atoms with Gasteiger partial charge in [-0.15, -0.1) is 0 Å². The minimum Gasteiger partial charge on any atom is -0.497 e. The Morgan fingerprint density at radius 2 is 1.88 bits per heavy atom. The predicted molar refractivity (Wildman–Crippen MR) is 63.1 cm³/mol. The number of piperazine rings is 1. The van der Waals surface area contributed by atoms with E-state index in [2.05, 4.69) is 5.32 Å². The Hall–Kier alpha value is -2.04. The number of hydrogen-bond donors (Lipinski definition) is 1. The lowest BCUT2D eigenvalue weighted by Gasteiger charge is -2.28. The molecule has 1 fully saturated rings. The molecule has 0 bridgehead atoms. The fraction of sp³-hybridized carbons (Fsp3) is 0.333. The van der Waals surface area contributed by atoms with Gasteiger partial charge in [0.25, 0.3) is 0 Å². The lowest BCUT2D eigenvalue weighted by molar-refractivity contribution is -0.130. The highest BCUT2D eigenvalue weighted by atomic mass is 16.5. The molecule has 2 amide bonds. The Kier molecular flexibility index (Phi) is 2.99. The molecule has 0 aromatic heterocycles. The molecule has 1 aliphatic rings. The van der Waals surface area contributed by atoms with Gasteiger partial charge in [0.15, 0.2) is 0 Å². The number of aryl methyl sites for hydroxylation is 1. The van der Waals surface area contributed by atoms with Crippen LogP contribution in [0.1, 0.15) is 5.56 Å². The number of hydrogen-bond acceptors (Lipinski definition) is 4. The second kappa shape index (κ2) is 4.45. The number of carbonyl (C=O) groups excluding carboxylic acids is 2. The molecule has 0 radical (unpaired) electrons. The fourth-order valence-electron chi connectivity index (χ4n) is 1.92. The van der Waals surface area contributed by atoms with Gasteiger partial charge in [0.1, 0.15) is 5.75 Å². The molecular formula is C12H14N2O3. The Morgan fingerprint density at radius 1 is 1.24 bits per heavy atom. The van der Waals surface area contributed by atoms with Gasteiger partial charge in [0, 0.05) is 5.69 Å². The van der Waals surface area contributed by atoms with E-state index in [4.69, 9.17) is 4.74 Å². The molecule has 0 aliphatic carbocycles. The number of methoxy groups -OCH3 is 1. The molecular weight excluding hydrogens is 220 g/mol. The van der Waals surface area contributed by atoms with Crippen LogP contribution in [0.2, 0.25) is 0 Å². The van der Waals surface area contributed by atoms with E-state index in [9.17, 15) is 9.59 Å². The Labute approximate surface area is 99.4 Å². The van der Waals surface area contributed by atoms with Crippen molar-refractivity contribution in [2.75, 3.05) is 25.1 Å². The highest BCUT2D eigenvalue weighted by Crippen LogP contribution is 2.25. The zero-order chi connectivity index (χ0) is 12.4. The molecule has 0 unspecified atom stereocenters. The number of benzene rings is 1. The van der Waals surface area contributed by atoms with Crippen LogP contribution in [0.25, 0.3) is 0 Å². The van der Waals surface area contributed by atoms with Crippen LogP contribution in [0.3, 0.4) is 0 Å². The summed E-state index contributed by atoms with van der Waals surface area (Å²) >= 11 is 0. The monoisotopic (exact) mass is 234 g/mol. The minimum atomic E-state index is -0.267. The van der Waals surface area contributed by atoms with E-state index in [1.807, 2.05) is 25.1 Å². The van der Waals surface area contributed by atoms with E-state index in [0.29, 0.717) is 0 Å². The van der Waals surface area contributed by atoms with Crippen LogP contribution in [-0.2, 0) is 9.59 Å². The van der Waals surface area contributed by atoms with E-state index in [1.165, 1.54) is 0 Å². The van der Waals surface area contributed by atoms with Crippen molar-refractivity contribution in [1.82, 2.24) is 5.32 Å². The Balaban J connectivity index is 2.27. The van der Waals surface area contributed by atoms with Gasteiger partial charge in [-0.3, -0.25) is 14.9 Å². The number of nitrogens with zero attached hydrogens (tertiary/aromatic N) is 1. The molecule has 17 heavy (non-hydrogen) atoms. The molecule has 1 aromatic carbocycles. The molecule has 5 nitrogen and oxygen atoms in total. The normalized spacial score (nSPS) is 15.8. The van der Waals surface area contributed by atoms with Crippen molar-refractivity contribution < 1.29 is 14.3 Å². The van der Waals surface area contributed by atoms with Crippen LogP contribution in [-0.4, -0.2) is 32.0 Å². The van der Waals surface area contributed by atoms with Gasteiger partial charge in [-0.2, -0.15) is 0 Å². The summed E-state index contributed by atoms with van der Waals surface area (Å²) in [7, 11) is 1.60. The first-order valence-corrected chi connectivity index (χ1v) is 5.32. The average molecular weight is 234 g/mol. The number of carbonyl (C=O) groups is 2. The number of ether oxygens (including phenoxy) is 1. The van der Waals surface area contributed by atoms with Gasteiger partial charge in [-0.1, -0.05) is 0 Å². The zero-order valence-corrected chi connectivity index (χ0v) is 9.82. The molecule has 1 saturated heterocycles. The fourth-order valence-corrected chi connectivity index (χ4v) is 1.92. The predicted octanol–water partition coefficient (Wildman–Crippen LogP) is 0.466. The van der Waals surface area contributed by atoms with Crippen molar-refractivity contribution in [1.29, 1.82) is 0 Å². The van der Waals surface area contributed by atoms with Gasteiger partial charge < -0.3 is 9.64 Å². The van der Waals surface area contributed by atoms with Crippen molar-refractivity contribution in [2.24, 2.45) is 0 Å². The third-order valence-corrected chi connectivity index (χ3v) is 2.69. The lowest BCUT2D eigenvalue weighted by atomic mass is 10.1. The molecule has 1 heterocycles. The number of amides is 2. The standard InChI is InChI=1S/C12H14N2O3/c1-8-5-9(17-2)3-4-10(8)14-6-11(15)13-12(16)7-14/h3-5H,6-7H2,1-2H3,(H,13,15,16). The van der Waals surface area contributed by atoms with Crippen LogP contribution in [0, 0.1) is 6.92 Å². The van der Waals surface area contributed by atoms with E-state index in [0.717, 1.165) is 17.0 Å². The Bertz CT molecular complexity index is 455. The Morgan fingerprint density at radius 3 is 2.41 bits per heavy atom. The summed E-state index contributed by atoms with van der Waals surface area (Å²) in [6.07, 6.45) is 0. The number of imide groups is 1. The average Bonchev–Trinajstić information content (AvgIpc) is 2.27. The van der Waals surface area contributed by atoms with Gasteiger partial charge >= 0.3 is 0 Å².